The van der Waals surface area contributed by atoms with Crippen molar-refractivity contribution < 1.29 is 22.7 Å². The van der Waals surface area contributed by atoms with Gasteiger partial charge in [-0.2, -0.15) is 13.2 Å². The average Bonchev–Trinajstić information content (AvgIpc) is 3.04. The summed E-state index contributed by atoms with van der Waals surface area (Å²) in [4.78, 5) is 16.4. The largest absolute Gasteiger partial charge is 0.494 e. The van der Waals surface area contributed by atoms with E-state index >= 15 is 0 Å². The lowest BCUT2D eigenvalue weighted by Gasteiger charge is -2.09. The molecule has 3 aromatic rings. The molecular weight excluding hydrogens is 391 g/mol. The maximum atomic E-state index is 12.7. The second-order valence-electron chi connectivity index (χ2n) is 5.10. The quantitative estimate of drug-likeness (QED) is 0.620. The molecule has 1 aromatic heterocycles. The summed E-state index contributed by atoms with van der Waals surface area (Å²) in [5, 5.41) is 0.780. The molecule has 26 heavy (non-hydrogen) atoms. The van der Waals surface area contributed by atoms with E-state index in [-0.39, 0.29) is 5.56 Å². The Balaban J connectivity index is 1.78. The number of ether oxygens (including phenoxy) is 1. The predicted octanol–water partition coefficient (Wildman–Crippen LogP) is 4.73. The van der Waals surface area contributed by atoms with Gasteiger partial charge in [0.05, 0.1) is 22.4 Å². The summed E-state index contributed by atoms with van der Waals surface area (Å²) in [6.07, 6.45) is -4.52. The molecule has 0 saturated heterocycles. The average molecular weight is 402 g/mol. The normalized spacial score (nSPS) is 11.4. The highest BCUT2D eigenvalue weighted by atomic mass is 35.5. The lowest BCUT2D eigenvalue weighted by molar-refractivity contribution is -0.137. The van der Waals surface area contributed by atoms with Crippen LogP contribution in [0, 0.1) is 0 Å². The maximum absolute atomic E-state index is 12.7. The van der Waals surface area contributed by atoms with Gasteiger partial charge in [-0.3, -0.25) is 15.6 Å². The number of benzene rings is 2. The molecule has 1 amide bonds. The van der Waals surface area contributed by atoms with Crippen molar-refractivity contribution in [2.24, 2.45) is 0 Å². The molecule has 0 bridgehead atoms. The molecular formula is C16H11ClF3N3O2S. The van der Waals surface area contributed by atoms with E-state index in [1.807, 2.05) is 0 Å². The lowest BCUT2D eigenvalue weighted by Crippen LogP contribution is -2.29. The molecule has 0 aliphatic heterocycles. The van der Waals surface area contributed by atoms with Crippen LogP contribution in [0.15, 0.2) is 36.4 Å². The van der Waals surface area contributed by atoms with Crippen molar-refractivity contribution >= 4 is 44.2 Å². The molecule has 0 spiro atoms. The standard InChI is InChI=1S/C16H11ClF3N3O2S/c1-25-11-6-5-10(17)13-12(11)21-15(26-13)23-22-14(24)8-3-2-4-9(7-8)16(18,19)20/h2-7H,1H3,(H,21,23)(H,22,24). The number of carbonyl (C=O) groups excluding carboxylic acids is 1. The van der Waals surface area contributed by atoms with Gasteiger partial charge in [-0.25, -0.2) is 4.98 Å². The van der Waals surface area contributed by atoms with E-state index in [9.17, 15) is 18.0 Å². The highest BCUT2D eigenvalue weighted by Gasteiger charge is 2.30. The molecule has 10 heteroatoms. The Morgan fingerprint density at radius 3 is 2.73 bits per heavy atom. The number of hydrogen-bond donors (Lipinski definition) is 2. The third-order valence-corrected chi connectivity index (χ3v) is 4.84. The summed E-state index contributed by atoms with van der Waals surface area (Å²) in [6.45, 7) is 0. The fourth-order valence-electron chi connectivity index (χ4n) is 2.19. The second kappa shape index (κ2) is 7.00. The predicted molar refractivity (Wildman–Crippen MR) is 93.7 cm³/mol. The SMILES string of the molecule is COc1ccc(Cl)c2sc(NNC(=O)c3cccc(C(F)(F)F)c3)nc12. The molecule has 0 atom stereocenters. The number of nitrogens with zero attached hydrogens (tertiary/aromatic N) is 1. The van der Waals surface area contributed by atoms with Gasteiger partial charge in [0.15, 0.2) is 0 Å². The van der Waals surface area contributed by atoms with Crippen LogP contribution in [0.1, 0.15) is 15.9 Å². The highest BCUT2D eigenvalue weighted by molar-refractivity contribution is 7.22. The minimum atomic E-state index is -4.52. The van der Waals surface area contributed by atoms with Crippen LogP contribution in [-0.4, -0.2) is 18.0 Å². The topological polar surface area (TPSA) is 63.2 Å². The molecule has 2 aromatic carbocycles. The van der Waals surface area contributed by atoms with Crippen molar-refractivity contribution in [1.82, 2.24) is 10.4 Å². The number of carbonyl (C=O) groups is 1. The van der Waals surface area contributed by atoms with Gasteiger partial charge >= 0.3 is 6.18 Å². The first kappa shape index (κ1) is 18.3. The monoisotopic (exact) mass is 401 g/mol. The summed E-state index contributed by atoms with van der Waals surface area (Å²) in [6, 6.07) is 7.44. The Bertz CT molecular complexity index is 975. The number of rotatable bonds is 4. The van der Waals surface area contributed by atoms with Crippen molar-refractivity contribution in [2.75, 3.05) is 12.5 Å². The Kier molecular flexibility index (Phi) is 4.92. The number of alkyl halides is 3. The zero-order chi connectivity index (χ0) is 18.9. The Hall–Kier alpha value is -2.52. The van der Waals surface area contributed by atoms with Crippen LogP contribution in [-0.2, 0) is 6.18 Å². The number of methoxy groups -OCH3 is 1. The highest BCUT2D eigenvalue weighted by Crippen LogP contribution is 2.37. The van der Waals surface area contributed by atoms with Gasteiger partial charge in [0.2, 0.25) is 5.13 Å². The van der Waals surface area contributed by atoms with Crippen molar-refractivity contribution in [1.29, 1.82) is 0 Å². The fraction of sp³-hybridized carbons (Fsp3) is 0.125. The summed E-state index contributed by atoms with van der Waals surface area (Å²) < 4.78 is 44.0. The van der Waals surface area contributed by atoms with Gasteiger partial charge in [-0.15, -0.1) is 0 Å². The Morgan fingerprint density at radius 1 is 1.27 bits per heavy atom. The molecule has 3 rings (SSSR count). The molecule has 0 aliphatic carbocycles. The summed E-state index contributed by atoms with van der Waals surface area (Å²) >= 11 is 7.28. The molecule has 0 unspecified atom stereocenters. The van der Waals surface area contributed by atoms with E-state index < -0.39 is 17.6 Å². The van der Waals surface area contributed by atoms with Crippen LogP contribution >= 0.6 is 22.9 Å². The lowest BCUT2D eigenvalue weighted by atomic mass is 10.1. The summed E-state index contributed by atoms with van der Waals surface area (Å²) in [5.74, 6) is -0.216. The fourth-order valence-corrected chi connectivity index (χ4v) is 3.30. The van der Waals surface area contributed by atoms with Gasteiger partial charge in [-0.05, 0) is 30.3 Å². The van der Waals surface area contributed by atoms with Crippen LogP contribution < -0.4 is 15.6 Å². The number of amides is 1. The Morgan fingerprint density at radius 2 is 2.04 bits per heavy atom. The van der Waals surface area contributed by atoms with Gasteiger partial charge in [0.1, 0.15) is 11.3 Å². The molecule has 136 valence electrons. The maximum Gasteiger partial charge on any atom is 0.416 e. The smallest absolute Gasteiger partial charge is 0.416 e. The number of hydrogen-bond acceptors (Lipinski definition) is 5. The minimum absolute atomic E-state index is 0.135. The molecule has 2 N–H and O–H groups in total. The van der Waals surface area contributed by atoms with Crippen LogP contribution in [0.5, 0.6) is 5.75 Å². The first-order valence-corrected chi connectivity index (χ1v) is 8.35. The van der Waals surface area contributed by atoms with E-state index in [1.54, 1.807) is 12.1 Å². The molecule has 0 radical (unpaired) electrons. The van der Waals surface area contributed by atoms with E-state index in [1.165, 1.54) is 30.6 Å². The third-order valence-electron chi connectivity index (χ3n) is 3.41. The number of aromatic nitrogens is 1. The van der Waals surface area contributed by atoms with Crippen LogP contribution in [0.25, 0.3) is 10.2 Å². The van der Waals surface area contributed by atoms with E-state index in [2.05, 4.69) is 15.8 Å². The van der Waals surface area contributed by atoms with Crippen molar-refractivity contribution in [3.63, 3.8) is 0 Å². The number of halogens is 4. The van der Waals surface area contributed by atoms with E-state index in [4.69, 9.17) is 16.3 Å². The third kappa shape index (κ3) is 3.68. The molecule has 0 aliphatic rings. The number of anilines is 1. The van der Waals surface area contributed by atoms with E-state index in [0.717, 1.165) is 12.1 Å². The molecule has 5 nitrogen and oxygen atoms in total. The van der Waals surface area contributed by atoms with Crippen molar-refractivity contribution in [3.8, 4) is 5.75 Å². The first-order valence-electron chi connectivity index (χ1n) is 7.16. The van der Waals surface area contributed by atoms with Crippen LogP contribution in [0.2, 0.25) is 5.02 Å². The summed E-state index contributed by atoms with van der Waals surface area (Å²) in [7, 11) is 1.49. The van der Waals surface area contributed by atoms with Crippen LogP contribution in [0.4, 0.5) is 18.3 Å². The van der Waals surface area contributed by atoms with Gasteiger partial charge < -0.3 is 4.74 Å². The first-order chi connectivity index (χ1) is 12.3. The molecule has 0 saturated carbocycles. The van der Waals surface area contributed by atoms with Gasteiger partial charge in [0, 0.05) is 5.56 Å². The van der Waals surface area contributed by atoms with Gasteiger partial charge in [-0.1, -0.05) is 29.0 Å². The minimum Gasteiger partial charge on any atom is -0.494 e. The van der Waals surface area contributed by atoms with Gasteiger partial charge in [0.25, 0.3) is 5.91 Å². The zero-order valence-corrected chi connectivity index (χ0v) is 14.7. The number of fused-ring (bicyclic) bond motifs is 1. The van der Waals surface area contributed by atoms with Crippen LogP contribution in [0.3, 0.4) is 0 Å². The Labute approximate surface area is 154 Å². The zero-order valence-electron chi connectivity index (χ0n) is 13.1. The van der Waals surface area contributed by atoms with Crippen molar-refractivity contribution in [3.05, 3.63) is 52.5 Å². The number of hydrazine groups is 1. The summed E-state index contributed by atoms with van der Waals surface area (Å²) in [5.41, 5.74) is 4.38. The van der Waals surface area contributed by atoms with E-state index in [0.29, 0.717) is 26.1 Å². The molecule has 0 fully saturated rings. The molecule has 1 heterocycles. The van der Waals surface area contributed by atoms with Crippen molar-refractivity contribution in [2.45, 2.75) is 6.18 Å². The second-order valence-corrected chi connectivity index (χ2v) is 6.51. The number of nitrogens with one attached hydrogen (secondary N) is 2. The number of thiazole rings is 1.